The Hall–Kier alpha value is -3.42. The van der Waals surface area contributed by atoms with Crippen molar-refractivity contribution in [3.63, 3.8) is 0 Å². The van der Waals surface area contributed by atoms with Gasteiger partial charge in [0.15, 0.2) is 0 Å². The minimum Gasteiger partial charge on any atom is -0.493 e. The first kappa shape index (κ1) is 23.0. The predicted molar refractivity (Wildman–Crippen MR) is 143 cm³/mol. The van der Waals surface area contributed by atoms with Crippen molar-refractivity contribution in [2.24, 2.45) is 0 Å². The van der Waals surface area contributed by atoms with Gasteiger partial charge in [-0.25, -0.2) is 9.97 Å². The second-order valence-corrected chi connectivity index (χ2v) is 9.87. The molecule has 0 aliphatic carbocycles. The molecule has 2 atom stereocenters. The lowest BCUT2D eigenvalue weighted by molar-refractivity contribution is 0.307. The van der Waals surface area contributed by atoms with Crippen LogP contribution < -0.4 is 10.1 Å². The number of hydrogen-bond donors (Lipinski definition) is 3. The molecule has 2 aliphatic rings. The summed E-state index contributed by atoms with van der Waals surface area (Å²) in [5.41, 5.74) is 6.52. The van der Waals surface area contributed by atoms with E-state index >= 15 is 0 Å². The number of hydrogen-bond acceptors (Lipinski definition) is 5. The Balaban J connectivity index is 1.24. The number of aromatic nitrogens is 4. The number of nitrogens with one attached hydrogen (secondary N) is 3. The molecule has 0 saturated carbocycles. The lowest BCUT2D eigenvalue weighted by Gasteiger charge is -2.16. The molecule has 2 aromatic carbocycles. The van der Waals surface area contributed by atoms with Crippen molar-refractivity contribution in [1.29, 1.82) is 0 Å². The predicted octanol–water partition coefficient (Wildman–Crippen LogP) is 5.72. The highest BCUT2D eigenvalue weighted by Crippen LogP contribution is 2.36. The van der Waals surface area contributed by atoms with Crippen molar-refractivity contribution in [3.05, 3.63) is 66.5 Å². The van der Waals surface area contributed by atoms with Crippen molar-refractivity contribution in [2.45, 2.75) is 44.7 Å². The van der Waals surface area contributed by atoms with Gasteiger partial charge in [-0.1, -0.05) is 30.3 Å². The summed E-state index contributed by atoms with van der Waals surface area (Å²) in [6.07, 6.45) is 8.59. The van der Waals surface area contributed by atoms with E-state index in [1.165, 1.54) is 12.8 Å². The van der Waals surface area contributed by atoms with Gasteiger partial charge in [-0.05, 0) is 81.6 Å². The van der Waals surface area contributed by atoms with Gasteiger partial charge in [-0.3, -0.25) is 4.90 Å². The molecule has 7 nitrogen and oxygen atoms in total. The first-order chi connectivity index (χ1) is 17.7. The second kappa shape index (κ2) is 9.91. The Kier molecular flexibility index (Phi) is 6.34. The number of benzene rings is 2. The van der Waals surface area contributed by atoms with Gasteiger partial charge in [-0.2, -0.15) is 0 Å². The molecule has 2 saturated heterocycles. The van der Waals surface area contributed by atoms with Gasteiger partial charge in [-0.15, -0.1) is 0 Å². The summed E-state index contributed by atoms with van der Waals surface area (Å²) < 4.78 is 6.08. The van der Waals surface area contributed by atoms with E-state index < -0.39 is 0 Å². The molecule has 0 radical (unpaired) electrons. The van der Waals surface area contributed by atoms with Crippen LogP contribution >= 0.6 is 0 Å². The van der Waals surface area contributed by atoms with Crippen LogP contribution in [-0.2, 0) is 0 Å². The van der Waals surface area contributed by atoms with Gasteiger partial charge in [0.2, 0.25) is 0 Å². The van der Waals surface area contributed by atoms with E-state index in [1.54, 1.807) is 0 Å². The summed E-state index contributed by atoms with van der Waals surface area (Å²) in [6, 6.07) is 15.8. The Bertz CT molecular complexity index is 1320. The number of H-pyrrole nitrogens is 2. The van der Waals surface area contributed by atoms with E-state index in [4.69, 9.17) is 9.72 Å². The molecular formula is C29H34N6O. The van der Waals surface area contributed by atoms with E-state index in [0.717, 1.165) is 77.0 Å². The molecule has 186 valence electrons. The third kappa shape index (κ3) is 4.45. The van der Waals surface area contributed by atoms with Crippen molar-refractivity contribution in [2.75, 3.05) is 26.7 Å². The van der Waals surface area contributed by atoms with Crippen molar-refractivity contribution in [1.82, 2.24) is 30.2 Å². The van der Waals surface area contributed by atoms with Gasteiger partial charge in [0, 0.05) is 5.56 Å². The summed E-state index contributed by atoms with van der Waals surface area (Å²) >= 11 is 0. The van der Waals surface area contributed by atoms with Crippen molar-refractivity contribution >= 4 is 0 Å². The second-order valence-electron chi connectivity index (χ2n) is 9.87. The summed E-state index contributed by atoms with van der Waals surface area (Å²) in [7, 11) is 2.17. The fourth-order valence-corrected chi connectivity index (χ4v) is 5.52. The minimum atomic E-state index is 0.346. The van der Waals surface area contributed by atoms with Gasteiger partial charge in [0.05, 0.1) is 42.5 Å². The van der Waals surface area contributed by atoms with Crippen molar-refractivity contribution in [3.8, 4) is 39.4 Å². The van der Waals surface area contributed by atoms with Crippen LogP contribution in [0.5, 0.6) is 5.75 Å². The Morgan fingerprint density at radius 3 is 2.39 bits per heavy atom. The monoisotopic (exact) mass is 482 g/mol. The third-order valence-electron chi connectivity index (χ3n) is 7.52. The van der Waals surface area contributed by atoms with Gasteiger partial charge in [0.25, 0.3) is 0 Å². The molecule has 7 heteroatoms. The topological polar surface area (TPSA) is 81.9 Å². The fourth-order valence-electron chi connectivity index (χ4n) is 5.52. The first-order valence-corrected chi connectivity index (χ1v) is 13.1. The molecule has 2 aliphatic heterocycles. The van der Waals surface area contributed by atoms with Gasteiger partial charge in [0.1, 0.15) is 17.4 Å². The van der Waals surface area contributed by atoms with E-state index in [-0.39, 0.29) is 0 Å². The molecule has 0 amide bonds. The molecule has 36 heavy (non-hydrogen) atoms. The summed E-state index contributed by atoms with van der Waals surface area (Å²) in [6.45, 7) is 4.82. The molecule has 6 rings (SSSR count). The van der Waals surface area contributed by atoms with Crippen LogP contribution in [0.4, 0.5) is 0 Å². The highest BCUT2D eigenvalue weighted by Gasteiger charge is 2.25. The highest BCUT2D eigenvalue weighted by atomic mass is 16.5. The quantitative estimate of drug-likeness (QED) is 0.314. The maximum Gasteiger partial charge on any atom is 0.129 e. The molecule has 2 fully saturated rings. The summed E-state index contributed by atoms with van der Waals surface area (Å²) in [5, 5.41) is 3.50. The van der Waals surface area contributed by atoms with E-state index in [0.29, 0.717) is 18.7 Å². The molecule has 0 spiro atoms. The normalized spacial score (nSPS) is 20.3. The SMILES string of the molecule is CCOc1cc(-c2ccc(-c3cnc(C4CCCN4)[nH]3)cc2)ccc1-c1cnc(C2CCCN2C)[nH]1. The molecule has 2 aromatic heterocycles. The van der Waals surface area contributed by atoms with Gasteiger partial charge >= 0.3 is 0 Å². The van der Waals surface area contributed by atoms with Crippen LogP contribution in [0.15, 0.2) is 54.9 Å². The number of imidazole rings is 2. The van der Waals surface area contributed by atoms with Gasteiger partial charge < -0.3 is 20.0 Å². The van der Waals surface area contributed by atoms with Crippen LogP contribution in [0.1, 0.15) is 56.3 Å². The Morgan fingerprint density at radius 2 is 1.64 bits per heavy atom. The number of nitrogens with zero attached hydrogens (tertiary/aromatic N) is 3. The zero-order valence-corrected chi connectivity index (χ0v) is 21.1. The third-order valence-corrected chi connectivity index (χ3v) is 7.52. The lowest BCUT2D eigenvalue weighted by Crippen LogP contribution is -2.18. The fraction of sp³-hybridized carbons (Fsp3) is 0.379. The smallest absolute Gasteiger partial charge is 0.129 e. The number of rotatable bonds is 7. The average Bonchev–Trinajstić information content (AvgIpc) is 3.71. The maximum atomic E-state index is 6.08. The van der Waals surface area contributed by atoms with Crippen LogP contribution in [0.25, 0.3) is 33.6 Å². The molecule has 3 N–H and O–H groups in total. The molecule has 0 bridgehead atoms. The molecule has 2 unspecified atom stereocenters. The summed E-state index contributed by atoms with van der Waals surface area (Å²) in [5.74, 6) is 2.94. The average molecular weight is 483 g/mol. The number of likely N-dealkylation sites (tertiary alicyclic amines) is 1. The van der Waals surface area contributed by atoms with E-state index in [2.05, 4.69) is 74.7 Å². The van der Waals surface area contributed by atoms with Crippen LogP contribution in [0.2, 0.25) is 0 Å². The first-order valence-electron chi connectivity index (χ1n) is 13.1. The van der Waals surface area contributed by atoms with Crippen LogP contribution in [-0.4, -0.2) is 51.6 Å². The largest absolute Gasteiger partial charge is 0.493 e. The number of ether oxygens (including phenoxy) is 1. The summed E-state index contributed by atoms with van der Waals surface area (Å²) in [4.78, 5) is 18.8. The van der Waals surface area contributed by atoms with Crippen molar-refractivity contribution < 1.29 is 4.74 Å². The molecule has 4 heterocycles. The highest BCUT2D eigenvalue weighted by molar-refractivity contribution is 5.76. The van der Waals surface area contributed by atoms with E-state index in [1.807, 2.05) is 19.3 Å². The van der Waals surface area contributed by atoms with Crippen LogP contribution in [0.3, 0.4) is 0 Å². The standard InChI is InChI=1S/C29H34N6O/c1-3-36-27-16-21(12-13-22(27)25-18-32-29(34-25)26-7-5-15-35(26)2)19-8-10-20(11-9-19)24-17-31-28(33-24)23-6-4-14-30-23/h8-13,16-18,23,26,30H,3-7,14-15H2,1-2H3,(H,31,33)(H,32,34). The zero-order chi connectivity index (χ0) is 24.5. The molecule has 4 aromatic rings. The zero-order valence-electron chi connectivity index (χ0n) is 21.1. The van der Waals surface area contributed by atoms with Crippen LogP contribution in [0, 0.1) is 0 Å². The number of aromatic amines is 2. The van der Waals surface area contributed by atoms with E-state index in [9.17, 15) is 0 Å². The Labute approximate surface area is 212 Å². The Morgan fingerprint density at radius 1 is 0.889 bits per heavy atom. The minimum absolute atomic E-state index is 0.346. The molecular weight excluding hydrogens is 448 g/mol. The maximum absolute atomic E-state index is 6.08. The lowest BCUT2D eigenvalue weighted by atomic mass is 10.00.